The van der Waals surface area contributed by atoms with Crippen LogP contribution in [0.25, 0.3) is 5.69 Å². The summed E-state index contributed by atoms with van der Waals surface area (Å²) in [4.78, 5) is 30.8. The standard InChI is InChI=1S/C22H23N5O2/c28-21(26-11-3-4-12-26)17-7-5-8-19(14-17)25-22(29)24-15-18-6-1-2-9-20(18)27-13-10-23-16-27/h1-2,5-10,13-14,16H,3-4,11-12,15H2,(H2,24,25,29). The fraction of sp³-hybridized carbons (Fsp3) is 0.227. The normalized spacial score (nSPS) is 13.3. The van der Waals surface area contributed by atoms with Gasteiger partial charge in [-0.3, -0.25) is 4.79 Å². The van der Waals surface area contributed by atoms with Gasteiger partial charge < -0.3 is 20.1 Å². The predicted molar refractivity (Wildman–Crippen MR) is 111 cm³/mol. The lowest BCUT2D eigenvalue weighted by Crippen LogP contribution is -2.29. The number of hydrogen-bond acceptors (Lipinski definition) is 3. The number of carbonyl (C=O) groups is 2. The average Bonchev–Trinajstić information content (AvgIpc) is 3.46. The quantitative estimate of drug-likeness (QED) is 0.702. The minimum absolute atomic E-state index is 0.0146. The Morgan fingerprint density at radius 2 is 1.86 bits per heavy atom. The van der Waals surface area contributed by atoms with E-state index in [0.29, 0.717) is 17.8 Å². The summed E-state index contributed by atoms with van der Waals surface area (Å²) in [6.45, 7) is 1.97. The molecule has 0 spiro atoms. The summed E-state index contributed by atoms with van der Waals surface area (Å²) in [6.07, 6.45) is 7.40. The molecular weight excluding hydrogens is 366 g/mol. The third-order valence-corrected chi connectivity index (χ3v) is 4.97. The van der Waals surface area contributed by atoms with Crippen LogP contribution in [0.4, 0.5) is 10.5 Å². The molecule has 0 radical (unpaired) electrons. The van der Waals surface area contributed by atoms with Crippen molar-refractivity contribution in [3.63, 3.8) is 0 Å². The third kappa shape index (κ3) is 4.45. The molecular formula is C22H23N5O2. The number of urea groups is 1. The van der Waals surface area contributed by atoms with Crippen LogP contribution in [0.3, 0.4) is 0 Å². The smallest absolute Gasteiger partial charge is 0.319 e. The minimum Gasteiger partial charge on any atom is -0.339 e. The van der Waals surface area contributed by atoms with Crippen LogP contribution in [0.2, 0.25) is 0 Å². The first-order chi connectivity index (χ1) is 14.2. The van der Waals surface area contributed by atoms with E-state index >= 15 is 0 Å². The highest BCUT2D eigenvalue weighted by Crippen LogP contribution is 2.17. The molecule has 0 saturated carbocycles. The number of aromatic nitrogens is 2. The van der Waals surface area contributed by atoms with Crippen molar-refractivity contribution in [3.05, 3.63) is 78.4 Å². The van der Waals surface area contributed by atoms with Gasteiger partial charge >= 0.3 is 6.03 Å². The van der Waals surface area contributed by atoms with Crippen molar-refractivity contribution in [3.8, 4) is 5.69 Å². The first-order valence-corrected chi connectivity index (χ1v) is 9.71. The van der Waals surface area contributed by atoms with E-state index in [4.69, 9.17) is 0 Å². The van der Waals surface area contributed by atoms with Gasteiger partial charge in [-0.1, -0.05) is 24.3 Å². The van der Waals surface area contributed by atoms with Crippen LogP contribution >= 0.6 is 0 Å². The molecule has 3 amide bonds. The van der Waals surface area contributed by atoms with Gasteiger partial charge in [-0.2, -0.15) is 0 Å². The molecule has 0 aliphatic carbocycles. The second-order valence-corrected chi connectivity index (χ2v) is 6.99. The molecule has 1 aromatic heterocycles. The number of imidazole rings is 1. The van der Waals surface area contributed by atoms with Crippen LogP contribution in [-0.4, -0.2) is 39.5 Å². The molecule has 0 atom stereocenters. The van der Waals surface area contributed by atoms with Gasteiger partial charge in [0, 0.05) is 43.3 Å². The number of benzene rings is 2. The van der Waals surface area contributed by atoms with E-state index < -0.39 is 0 Å². The second-order valence-electron chi connectivity index (χ2n) is 6.99. The molecule has 1 aliphatic heterocycles. The van der Waals surface area contributed by atoms with Crippen LogP contribution in [0, 0.1) is 0 Å². The maximum atomic E-state index is 12.5. The van der Waals surface area contributed by atoms with E-state index in [-0.39, 0.29) is 11.9 Å². The van der Waals surface area contributed by atoms with Crippen molar-refractivity contribution in [1.29, 1.82) is 0 Å². The van der Waals surface area contributed by atoms with E-state index in [1.807, 2.05) is 39.9 Å². The van der Waals surface area contributed by atoms with Crippen LogP contribution in [0.15, 0.2) is 67.3 Å². The first-order valence-electron chi connectivity index (χ1n) is 9.71. The molecule has 7 heteroatoms. The zero-order chi connectivity index (χ0) is 20.1. The molecule has 0 unspecified atom stereocenters. The molecule has 1 saturated heterocycles. The van der Waals surface area contributed by atoms with Crippen molar-refractivity contribution in [2.45, 2.75) is 19.4 Å². The van der Waals surface area contributed by atoms with Crippen molar-refractivity contribution in [2.75, 3.05) is 18.4 Å². The molecule has 148 valence electrons. The number of hydrogen-bond donors (Lipinski definition) is 2. The van der Waals surface area contributed by atoms with Gasteiger partial charge in [-0.15, -0.1) is 0 Å². The molecule has 3 aromatic rings. The summed E-state index contributed by atoms with van der Waals surface area (Å²) < 4.78 is 1.91. The summed E-state index contributed by atoms with van der Waals surface area (Å²) >= 11 is 0. The van der Waals surface area contributed by atoms with Gasteiger partial charge in [0.1, 0.15) is 0 Å². The fourth-order valence-electron chi connectivity index (χ4n) is 3.50. The highest BCUT2D eigenvalue weighted by molar-refractivity contribution is 5.97. The van der Waals surface area contributed by atoms with Gasteiger partial charge in [0.25, 0.3) is 5.91 Å². The molecule has 1 fully saturated rings. The zero-order valence-corrected chi connectivity index (χ0v) is 16.0. The largest absolute Gasteiger partial charge is 0.339 e. The Bertz CT molecular complexity index is 994. The Morgan fingerprint density at radius 3 is 2.66 bits per heavy atom. The fourth-order valence-corrected chi connectivity index (χ4v) is 3.50. The average molecular weight is 389 g/mol. The van der Waals surface area contributed by atoms with E-state index in [1.54, 1.807) is 36.8 Å². The molecule has 2 aromatic carbocycles. The molecule has 4 rings (SSSR count). The summed E-state index contributed by atoms with van der Waals surface area (Å²) in [7, 11) is 0. The Hall–Kier alpha value is -3.61. The number of nitrogens with one attached hydrogen (secondary N) is 2. The van der Waals surface area contributed by atoms with Crippen molar-refractivity contribution < 1.29 is 9.59 Å². The summed E-state index contributed by atoms with van der Waals surface area (Å²) in [6, 6.07) is 14.6. The lowest BCUT2D eigenvalue weighted by molar-refractivity contribution is 0.0793. The monoisotopic (exact) mass is 389 g/mol. The van der Waals surface area contributed by atoms with Crippen LogP contribution in [-0.2, 0) is 6.54 Å². The Kier molecular flexibility index (Phi) is 5.56. The van der Waals surface area contributed by atoms with Crippen LogP contribution in [0.5, 0.6) is 0 Å². The lowest BCUT2D eigenvalue weighted by atomic mass is 10.1. The van der Waals surface area contributed by atoms with E-state index in [2.05, 4.69) is 15.6 Å². The van der Waals surface area contributed by atoms with E-state index in [0.717, 1.165) is 37.2 Å². The Morgan fingerprint density at radius 1 is 1.03 bits per heavy atom. The number of likely N-dealkylation sites (tertiary alicyclic amines) is 1. The lowest BCUT2D eigenvalue weighted by Gasteiger charge is -2.16. The third-order valence-electron chi connectivity index (χ3n) is 4.97. The highest BCUT2D eigenvalue weighted by atomic mass is 16.2. The number of amides is 3. The number of anilines is 1. The number of para-hydroxylation sites is 1. The Labute approximate surface area is 169 Å². The summed E-state index contributed by atoms with van der Waals surface area (Å²) in [5, 5.41) is 5.69. The molecule has 29 heavy (non-hydrogen) atoms. The molecule has 7 nitrogen and oxygen atoms in total. The molecule has 2 heterocycles. The summed E-state index contributed by atoms with van der Waals surface area (Å²) in [5.74, 6) is 0.0146. The number of rotatable bonds is 5. The van der Waals surface area contributed by atoms with Crippen LogP contribution in [0.1, 0.15) is 28.8 Å². The maximum absolute atomic E-state index is 12.5. The van der Waals surface area contributed by atoms with E-state index in [1.165, 1.54) is 0 Å². The predicted octanol–water partition coefficient (Wildman–Crippen LogP) is 3.43. The van der Waals surface area contributed by atoms with Crippen LogP contribution < -0.4 is 10.6 Å². The van der Waals surface area contributed by atoms with Gasteiger partial charge in [0.15, 0.2) is 0 Å². The zero-order valence-electron chi connectivity index (χ0n) is 16.0. The second kappa shape index (κ2) is 8.60. The maximum Gasteiger partial charge on any atom is 0.319 e. The summed E-state index contributed by atoms with van der Waals surface area (Å²) in [5.41, 5.74) is 3.12. The Balaban J connectivity index is 1.38. The molecule has 1 aliphatic rings. The van der Waals surface area contributed by atoms with E-state index in [9.17, 15) is 9.59 Å². The van der Waals surface area contributed by atoms with Crippen molar-refractivity contribution >= 4 is 17.6 Å². The minimum atomic E-state index is -0.323. The SMILES string of the molecule is O=C(NCc1ccccc1-n1ccnc1)Nc1cccc(C(=O)N2CCCC2)c1. The number of nitrogens with zero attached hydrogens (tertiary/aromatic N) is 3. The highest BCUT2D eigenvalue weighted by Gasteiger charge is 2.19. The van der Waals surface area contributed by atoms with Gasteiger partial charge in [-0.25, -0.2) is 9.78 Å². The van der Waals surface area contributed by atoms with Crippen molar-refractivity contribution in [1.82, 2.24) is 19.8 Å². The first kappa shape index (κ1) is 18.7. The topological polar surface area (TPSA) is 79.3 Å². The van der Waals surface area contributed by atoms with Gasteiger partial charge in [-0.05, 0) is 42.7 Å². The van der Waals surface area contributed by atoms with Crippen molar-refractivity contribution in [2.24, 2.45) is 0 Å². The molecule has 2 N–H and O–H groups in total. The van der Waals surface area contributed by atoms with Gasteiger partial charge in [0.05, 0.1) is 12.0 Å². The van der Waals surface area contributed by atoms with Gasteiger partial charge in [0.2, 0.25) is 0 Å². The molecule has 0 bridgehead atoms. The number of carbonyl (C=O) groups excluding carboxylic acids is 2.